The van der Waals surface area contributed by atoms with Gasteiger partial charge in [0.1, 0.15) is 22.9 Å². The molecule has 4 aromatic rings. The zero-order valence-electron chi connectivity index (χ0n) is 17.1. The predicted molar refractivity (Wildman–Crippen MR) is 112 cm³/mol. The zero-order chi connectivity index (χ0) is 22.0. The second-order valence-electron chi connectivity index (χ2n) is 7.25. The highest BCUT2D eigenvalue weighted by atomic mass is 19.1. The molecule has 0 spiro atoms. The lowest BCUT2D eigenvalue weighted by atomic mass is 10.1. The Morgan fingerprint density at radius 1 is 1.00 bits per heavy atom. The second-order valence-corrected chi connectivity index (χ2v) is 7.25. The van der Waals surface area contributed by atoms with Gasteiger partial charge in [-0.1, -0.05) is 18.2 Å². The number of fused-ring (bicyclic) bond motifs is 1. The van der Waals surface area contributed by atoms with Crippen LogP contribution in [0.5, 0.6) is 5.75 Å². The van der Waals surface area contributed by atoms with Gasteiger partial charge in [0.2, 0.25) is 5.89 Å². The minimum atomic E-state index is -0.815. The van der Waals surface area contributed by atoms with Gasteiger partial charge in [-0.3, -0.25) is 4.79 Å². The Hall–Kier alpha value is -3.74. The topological polar surface area (TPSA) is 55.6 Å². The van der Waals surface area contributed by atoms with Crippen LogP contribution < -0.4 is 4.74 Å². The maximum atomic E-state index is 13.7. The van der Waals surface area contributed by atoms with Crippen molar-refractivity contribution < 1.29 is 22.7 Å². The number of aryl methyl sites for hydroxylation is 1. The summed E-state index contributed by atoms with van der Waals surface area (Å²) in [7, 11) is 1.57. The van der Waals surface area contributed by atoms with Gasteiger partial charge >= 0.3 is 0 Å². The molecule has 0 bridgehead atoms. The Balaban J connectivity index is 1.66. The fourth-order valence-electron chi connectivity index (χ4n) is 3.33. The molecule has 0 radical (unpaired) electrons. The SMILES string of the molecule is COc1ccc(CN(Cc2nc3cc(C)ccc3o2)C(=O)c2cc(F)cc(F)c2)cc1. The number of nitrogens with zero attached hydrogens (tertiary/aromatic N) is 2. The van der Waals surface area contributed by atoms with E-state index in [4.69, 9.17) is 9.15 Å². The van der Waals surface area contributed by atoms with Gasteiger partial charge in [-0.25, -0.2) is 13.8 Å². The van der Waals surface area contributed by atoms with Crippen LogP contribution in [-0.2, 0) is 13.1 Å². The van der Waals surface area contributed by atoms with Crippen LogP contribution in [0.2, 0.25) is 0 Å². The van der Waals surface area contributed by atoms with Gasteiger partial charge in [0, 0.05) is 18.2 Å². The lowest BCUT2D eigenvalue weighted by Gasteiger charge is -2.22. The minimum absolute atomic E-state index is 0.0384. The highest BCUT2D eigenvalue weighted by Crippen LogP contribution is 2.21. The Labute approximate surface area is 177 Å². The van der Waals surface area contributed by atoms with Crippen molar-refractivity contribution in [2.24, 2.45) is 0 Å². The maximum absolute atomic E-state index is 13.7. The van der Waals surface area contributed by atoms with Gasteiger partial charge in [0.15, 0.2) is 5.58 Å². The maximum Gasteiger partial charge on any atom is 0.254 e. The van der Waals surface area contributed by atoms with Crippen LogP contribution >= 0.6 is 0 Å². The van der Waals surface area contributed by atoms with Gasteiger partial charge in [-0.2, -0.15) is 0 Å². The van der Waals surface area contributed by atoms with Gasteiger partial charge in [-0.15, -0.1) is 0 Å². The number of ether oxygens (including phenoxy) is 1. The zero-order valence-corrected chi connectivity index (χ0v) is 17.1. The number of halogens is 2. The summed E-state index contributed by atoms with van der Waals surface area (Å²) in [5, 5.41) is 0. The fourth-order valence-corrected chi connectivity index (χ4v) is 3.33. The first-order chi connectivity index (χ1) is 14.9. The number of carbonyl (C=O) groups excluding carboxylic acids is 1. The van der Waals surface area contributed by atoms with E-state index in [0.717, 1.165) is 29.3 Å². The van der Waals surface area contributed by atoms with Crippen LogP contribution in [0.1, 0.15) is 27.4 Å². The first-order valence-corrected chi connectivity index (χ1v) is 9.65. The molecule has 1 heterocycles. The van der Waals surface area contributed by atoms with Crippen LogP contribution in [0.25, 0.3) is 11.1 Å². The molecular weight excluding hydrogens is 402 g/mol. The number of hydrogen-bond donors (Lipinski definition) is 0. The summed E-state index contributed by atoms with van der Waals surface area (Å²) >= 11 is 0. The summed E-state index contributed by atoms with van der Waals surface area (Å²) in [6.45, 7) is 2.18. The molecule has 0 fully saturated rings. The first kappa shape index (κ1) is 20.5. The molecule has 7 heteroatoms. The molecule has 0 atom stereocenters. The lowest BCUT2D eigenvalue weighted by Crippen LogP contribution is -2.30. The highest BCUT2D eigenvalue weighted by molar-refractivity contribution is 5.94. The number of aromatic nitrogens is 1. The molecule has 0 aliphatic rings. The summed E-state index contributed by atoms with van der Waals surface area (Å²) in [4.78, 5) is 19.1. The molecule has 0 unspecified atom stereocenters. The predicted octanol–water partition coefficient (Wildman–Crippen LogP) is 5.27. The molecule has 0 saturated heterocycles. The molecule has 0 aliphatic carbocycles. The number of benzene rings is 3. The van der Waals surface area contributed by atoms with Gasteiger partial charge < -0.3 is 14.1 Å². The third-order valence-corrected chi connectivity index (χ3v) is 4.84. The first-order valence-electron chi connectivity index (χ1n) is 9.65. The number of hydrogen-bond acceptors (Lipinski definition) is 4. The van der Waals surface area contributed by atoms with Crippen molar-refractivity contribution in [2.45, 2.75) is 20.0 Å². The van der Waals surface area contributed by atoms with Crippen molar-refractivity contribution in [3.63, 3.8) is 0 Å². The van der Waals surface area contributed by atoms with E-state index in [1.807, 2.05) is 37.3 Å². The molecule has 5 nitrogen and oxygen atoms in total. The average Bonchev–Trinajstić information content (AvgIpc) is 3.14. The monoisotopic (exact) mass is 422 g/mol. The lowest BCUT2D eigenvalue weighted by molar-refractivity contribution is 0.0714. The smallest absolute Gasteiger partial charge is 0.254 e. The van der Waals surface area contributed by atoms with Crippen molar-refractivity contribution >= 4 is 17.0 Å². The summed E-state index contributed by atoms with van der Waals surface area (Å²) < 4.78 is 38.4. The Kier molecular flexibility index (Phi) is 5.66. The summed E-state index contributed by atoms with van der Waals surface area (Å²) in [5.41, 5.74) is 3.06. The van der Waals surface area contributed by atoms with E-state index in [2.05, 4.69) is 4.98 Å². The van der Waals surface area contributed by atoms with Gasteiger partial charge in [0.05, 0.1) is 13.7 Å². The van der Waals surface area contributed by atoms with Crippen LogP contribution in [-0.4, -0.2) is 22.9 Å². The Bertz CT molecular complexity index is 1220. The summed E-state index contributed by atoms with van der Waals surface area (Å²) in [6, 6.07) is 15.6. The molecule has 1 aromatic heterocycles. The molecule has 31 heavy (non-hydrogen) atoms. The normalized spacial score (nSPS) is 11.0. The van der Waals surface area contributed by atoms with E-state index in [9.17, 15) is 13.6 Å². The molecule has 3 aromatic carbocycles. The third-order valence-electron chi connectivity index (χ3n) is 4.84. The largest absolute Gasteiger partial charge is 0.497 e. The molecule has 158 valence electrons. The number of methoxy groups -OCH3 is 1. The van der Waals surface area contributed by atoms with Crippen molar-refractivity contribution in [1.29, 1.82) is 0 Å². The van der Waals surface area contributed by atoms with E-state index in [1.165, 1.54) is 4.90 Å². The second kappa shape index (κ2) is 8.55. The van der Waals surface area contributed by atoms with Crippen molar-refractivity contribution in [3.8, 4) is 5.75 Å². The Morgan fingerprint density at radius 3 is 2.39 bits per heavy atom. The molecule has 1 amide bonds. The van der Waals surface area contributed by atoms with Crippen molar-refractivity contribution in [2.75, 3.05) is 7.11 Å². The van der Waals surface area contributed by atoms with Crippen molar-refractivity contribution in [1.82, 2.24) is 9.88 Å². The minimum Gasteiger partial charge on any atom is -0.497 e. The van der Waals surface area contributed by atoms with E-state index >= 15 is 0 Å². The van der Waals surface area contributed by atoms with E-state index in [-0.39, 0.29) is 18.7 Å². The van der Waals surface area contributed by atoms with Crippen LogP contribution in [0, 0.1) is 18.6 Å². The Morgan fingerprint density at radius 2 is 1.71 bits per heavy atom. The summed E-state index contributed by atoms with van der Waals surface area (Å²) in [6.07, 6.45) is 0. The fraction of sp³-hybridized carbons (Fsp3) is 0.167. The number of oxazole rings is 1. The average molecular weight is 422 g/mol. The van der Waals surface area contributed by atoms with Crippen molar-refractivity contribution in [3.05, 3.63) is 94.9 Å². The quantitative estimate of drug-likeness (QED) is 0.425. The van der Waals surface area contributed by atoms with E-state index in [1.54, 1.807) is 19.2 Å². The van der Waals surface area contributed by atoms with E-state index < -0.39 is 17.5 Å². The molecule has 4 rings (SSSR count). The number of rotatable bonds is 6. The molecule has 0 saturated carbocycles. The van der Waals surface area contributed by atoms with Crippen LogP contribution in [0.4, 0.5) is 8.78 Å². The van der Waals surface area contributed by atoms with Crippen LogP contribution in [0.15, 0.2) is 65.1 Å². The molecular formula is C24H20F2N2O3. The summed E-state index contributed by atoms with van der Waals surface area (Å²) in [5.74, 6) is -1.15. The van der Waals surface area contributed by atoms with Crippen LogP contribution in [0.3, 0.4) is 0 Å². The van der Waals surface area contributed by atoms with Gasteiger partial charge in [0.25, 0.3) is 5.91 Å². The highest BCUT2D eigenvalue weighted by Gasteiger charge is 2.21. The number of amides is 1. The number of carbonyl (C=O) groups is 1. The van der Waals surface area contributed by atoms with E-state index in [0.29, 0.717) is 22.7 Å². The molecule has 0 aliphatic heterocycles. The third kappa shape index (κ3) is 4.71. The standard InChI is InChI=1S/C24H20F2N2O3/c1-15-3-8-22-21(9-15)27-23(31-22)14-28(13-16-4-6-20(30-2)7-5-16)24(29)17-10-18(25)12-19(26)11-17/h3-12H,13-14H2,1-2H3. The molecule has 0 N–H and O–H groups in total. The van der Waals surface area contributed by atoms with Gasteiger partial charge in [-0.05, 0) is 54.4 Å².